The van der Waals surface area contributed by atoms with E-state index in [4.69, 9.17) is 4.42 Å². The molecule has 30 heavy (non-hydrogen) atoms. The zero-order valence-corrected chi connectivity index (χ0v) is 16.8. The highest BCUT2D eigenvalue weighted by Crippen LogP contribution is 2.43. The van der Waals surface area contributed by atoms with Crippen LogP contribution in [0.25, 0.3) is 0 Å². The summed E-state index contributed by atoms with van der Waals surface area (Å²) >= 11 is 0. The number of rotatable bonds is 5. The van der Waals surface area contributed by atoms with Crippen molar-refractivity contribution in [3.8, 4) is 0 Å². The van der Waals surface area contributed by atoms with Gasteiger partial charge in [-0.1, -0.05) is 29.8 Å². The van der Waals surface area contributed by atoms with Crippen molar-refractivity contribution >= 4 is 15.7 Å². The second-order valence-electron chi connectivity index (χ2n) is 7.00. The molecular formula is C22H18FNO5S. The molecule has 1 aliphatic rings. The van der Waals surface area contributed by atoms with Crippen LogP contribution in [0.15, 0.2) is 86.9 Å². The highest BCUT2D eigenvalue weighted by atomic mass is 32.2. The standard InChI is InChI=1S/C22H18FNO5S/c1-14-4-10-18(11-5-14)30(27,28)21-19(15-6-8-16(23)9-7-15)24(22(26)20(21)25)13-17-3-2-12-29-17/h2-12,19,25H,13H2,1H3/t19-/m1/s1. The molecule has 154 valence electrons. The molecule has 0 spiro atoms. The van der Waals surface area contributed by atoms with Crippen LogP contribution in [0.3, 0.4) is 0 Å². The molecule has 6 nitrogen and oxygen atoms in total. The molecule has 3 aromatic rings. The molecule has 1 N–H and O–H groups in total. The summed E-state index contributed by atoms with van der Waals surface area (Å²) in [4.78, 5) is 13.6. The van der Waals surface area contributed by atoms with Gasteiger partial charge in [0.1, 0.15) is 16.5 Å². The van der Waals surface area contributed by atoms with Crippen LogP contribution in [0.4, 0.5) is 4.39 Å². The van der Waals surface area contributed by atoms with Gasteiger partial charge in [0, 0.05) is 0 Å². The van der Waals surface area contributed by atoms with Gasteiger partial charge in [-0.2, -0.15) is 0 Å². The second kappa shape index (κ2) is 7.46. The van der Waals surface area contributed by atoms with E-state index in [0.717, 1.165) is 5.56 Å². The van der Waals surface area contributed by atoms with Crippen LogP contribution < -0.4 is 0 Å². The Morgan fingerprint density at radius 3 is 2.33 bits per heavy atom. The second-order valence-corrected chi connectivity index (χ2v) is 8.91. The average Bonchev–Trinajstić information content (AvgIpc) is 3.31. The number of carbonyl (C=O) groups excluding carboxylic acids is 1. The molecule has 2 heterocycles. The average molecular weight is 427 g/mol. The number of hydrogen-bond acceptors (Lipinski definition) is 5. The lowest BCUT2D eigenvalue weighted by Gasteiger charge is -2.26. The Bertz CT molecular complexity index is 1210. The van der Waals surface area contributed by atoms with Gasteiger partial charge in [0.05, 0.1) is 23.7 Å². The van der Waals surface area contributed by atoms with Crippen molar-refractivity contribution in [1.82, 2.24) is 4.90 Å². The highest BCUT2D eigenvalue weighted by molar-refractivity contribution is 7.95. The Labute approximate surface area is 172 Å². The van der Waals surface area contributed by atoms with Crippen LogP contribution in [0.1, 0.15) is 22.9 Å². The molecule has 0 saturated heterocycles. The fraction of sp³-hybridized carbons (Fsp3) is 0.136. The molecule has 4 rings (SSSR count). The maximum Gasteiger partial charge on any atom is 0.291 e. The van der Waals surface area contributed by atoms with E-state index in [9.17, 15) is 22.7 Å². The molecule has 1 aromatic heterocycles. The number of sulfone groups is 1. The quantitative estimate of drug-likeness (QED) is 0.664. The number of furan rings is 1. The Balaban J connectivity index is 1.86. The monoisotopic (exact) mass is 427 g/mol. The van der Waals surface area contributed by atoms with Crippen molar-refractivity contribution < 1.29 is 27.1 Å². The van der Waals surface area contributed by atoms with Gasteiger partial charge in [-0.3, -0.25) is 4.79 Å². The first-order chi connectivity index (χ1) is 14.3. The van der Waals surface area contributed by atoms with Gasteiger partial charge in [-0.05, 0) is 48.9 Å². The first kappa shape index (κ1) is 19.9. The number of aliphatic hydroxyl groups is 1. The van der Waals surface area contributed by atoms with Crippen LogP contribution in [-0.4, -0.2) is 24.3 Å². The maximum absolute atomic E-state index is 13.5. The normalized spacial score (nSPS) is 17.1. The lowest BCUT2D eigenvalue weighted by molar-refractivity contribution is -0.130. The number of aryl methyl sites for hydroxylation is 1. The fourth-order valence-electron chi connectivity index (χ4n) is 3.46. The van der Waals surface area contributed by atoms with Crippen LogP contribution in [0.2, 0.25) is 0 Å². The molecule has 8 heteroatoms. The van der Waals surface area contributed by atoms with Crippen LogP contribution in [0.5, 0.6) is 0 Å². The molecule has 0 unspecified atom stereocenters. The number of hydrogen-bond donors (Lipinski definition) is 1. The van der Waals surface area contributed by atoms with Gasteiger partial charge < -0.3 is 14.4 Å². The number of carbonyl (C=O) groups is 1. The minimum Gasteiger partial charge on any atom is -0.502 e. The molecule has 2 aromatic carbocycles. The lowest BCUT2D eigenvalue weighted by atomic mass is 10.1. The third-order valence-electron chi connectivity index (χ3n) is 4.97. The first-order valence-corrected chi connectivity index (χ1v) is 10.6. The van der Waals surface area contributed by atoms with Crippen LogP contribution in [-0.2, 0) is 21.2 Å². The summed E-state index contributed by atoms with van der Waals surface area (Å²) in [6.45, 7) is 1.75. The van der Waals surface area contributed by atoms with E-state index in [1.807, 2.05) is 6.92 Å². The van der Waals surface area contributed by atoms with Crippen LogP contribution >= 0.6 is 0 Å². The molecule has 1 atom stereocenters. The van der Waals surface area contributed by atoms with E-state index in [2.05, 4.69) is 0 Å². The van der Waals surface area contributed by atoms with E-state index in [0.29, 0.717) is 11.3 Å². The molecule has 1 aliphatic heterocycles. The third kappa shape index (κ3) is 3.39. The van der Waals surface area contributed by atoms with Crippen molar-refractivity contribution in [2.45, 2.75) is 24.4 Å². The van der Waals surface area contributed by atoms with E-state index in [1.54, 1.807) is 24.3 Å². The Morgan fingerprint density at radius 2 is 1.73 bits per heavy atom. The smallest absolute Gasteiger partial charge is 0.291 e. The van der Waals surface area contributed by atoms with Crippen molar-refractivity contribution in [3.05, 3.63) is 100 Å². The van der Waals surface area contributed by atoms with E-state index in [1.165, 1.54) is 47.6 Å². The minimum absolute atomic E-state index is 0.0468. The van der Waals surface area contributed by atoms with E-state index >= 15 is 0 Å². The zero-order valence-electron chi connectivity index (χ0n) is 15.9. The highest BCUT2D eigenvalue weighted by Gasteiger charge is 2.47. The zero-order chi connectivity index (χ0) is 21.5. The lowest BCUT2D eigenvalue weighted by Crippen LogP contribution is -2.30. The Hall–Kier alpha value is -3.39. The number of benzene rings is 2. The van der Waals surface area contributed by atoms with Gasteiger partial charge in [0.15, 0.2) is 5.76 Å². The number of amides is 1. The predicted molar refractivity (Wildman–Crippen MR) is 106 cm³/mol. The van der Waals surface area contributed by atoms with Gasteiger partial charge in [0.2, 0.25) is 9.84 Å². The first-order valence-electron chi connectivity index (χ1n) is 9.13. The van der Waals surface area contributed by atoms with E-state index in [-0.39, 0.29) is 11.4 Å². The number of nitrogens with zero attached hydrogens (tertiary/aromatic N) is 1. The van der Waals surface area contributed by atoms with Crippen molar-refractivity contribution in [1.29, 1.82) is 0 Å². The van der Waals surface area contributed by atoms with Crippen molar-refractivity contribution in [2.75, 3.05) is 0 Å². The van der Waals surface area contributed by atoms with Gasteiger partial charge in [-0.25, -0.2) is 12.8 Å². The van der Waals surface area contributed by atoms with Gasteiger partial charge in [0.25, 0.3) is 5.91 Å². The Kier molecular flexibility index (Phi) is 4.95. The van der Waals surface area contributed by atoms with Gasteiger partial charge in [-0.15, -0.1) is 0 Å². The summed E-state index contributed by atoms with van der Waals surface area (Å²) in [6.07, 6.45) is 1.43. The van der Waals surface area contributed by atoms with Gasteiger partial charge >= 0.3 is 0 Å². The van der Waals surface area contributed by atoms with E-state index < -0.39 is 38.3 Å². The van der Waals surface area contributed by atoms with Crippen molar-refractivity contribution in [3.63, 3.8) is 0 Å². The molecular weight excluding hydrogens is 409 g/mol. The summed E-state index contributed by atoms with van der Waals surface area (Å²) in [5.41, 5.74) is 1.22. The molecule has 0 saturated carbocycles. The molecule has 1 amide bonds. The number of halogens is 1. The van der Waals surface area contributed by atoms with Crippen molar-refractivity contribution in [2.24, 2.45) is 0 Å². The largest absolute Gasteiger partial charge is 0.502 e. The topological polar surface area (TPSA) is 87.8 Å². The van der Waals surface area contributed by atoms with Crippen LogP contribution in [0, 0.1) is 12.7 Å². The SMILES string of the molecule is Cc1ccc(S(=O)(=O)C2=C(O)C(=O)N(Cc3ccco3)[C@@H]2c2ccc(F)cc2)cc1. The third-order valence-corrected chi connectivity index (χ3v) is 6.86. The molecule has 0 bridgehead atoms. The summed E-state index contributed by atoms with van der Waals surface area (Å²) in [5, 5.41) is 10.6. The minimum atomic E-state index is -4.21. The predicted octanol–water partition coefficient (Wildman–Crippen LogP) is 4.05. The molecule has 0 fully saturated rings. The Morgan fingerprint density at radius 1 is 1.07 bits per heavy atom. The number of aliphatic hydroxyl groups excluding tert-OH is 1. The molecule has 0 aliphatic carbocycles. The summed E-state index contributed by atoms with van der Waals surface area (Å²) < 4.78 is 45.6. The maximum atomic E-state index is 13.5. The summed E-state index contributed by atoms with van der Waals surface area (Å²) in [7, 11) is -4.21. The summed E-state index contributed by atoms with van der Waals surface area (Å²) in [6, 6.07) is 13.4. The summed E-state index contributed by atoms with van der Waals surface area (Å²) in [5.74, 6) is -1.78. The molecule has 0 radical (unpaired) electrons. The fourth-order valence-corrected chi connectivity index (χ4v) is 5.11.